The van der Waals surface area contributed by atoms with Gasteiger partial charge < -0.3 is 21.3 Å². The molecule has 2 aromatic rings. The van der Waals surface area contributed by atoms with Gasteiger partial charge in [-0.1, -0.05) is 23.9 Å². The van der Waals surface area contributed by atoms with Crippen molar-refractivity contribution in [2.24, 2.45) is 11.7 Å². The first-order valence-corrected chi connectivity index (χ1v) is 10.7. The Morgan fingerprint density at radius 2 is 2.07 bits per heavy atom. The molecule has 0 aliphatic carbocycles. The van der Waals surface area contributed by atoms with Gasteiger partial charge in [-0.25, -0.2) is 0 Å². The molecule has 2 aliphatic rings. The molecule has 0 bridgehead atoms. The number of para-hydroxylation sites is 1. The van der Waals surface area contributed by atoms with Gasteiger partial charge in [0.25, 0.3) is 0 Å². The lowest BCUT2D eigenvalue weighted by atomic mass is 9.97. The molecule has 0 radical (unpaired) electrons. The molecule has 5 nitrogen and oxygen atoms in total. The van der Waals surface area contributed by atoms with Gasteiger partial charge in [0, 0.05) is 29.4 Å². The number of fused-ring (bicyclic) bond motifs is 2. The van der Waals surface area contributed by atoms with Gasteiger partial charge >= 0.3 is 6.18 Å². The van der Waals surface area contributed by atoms with Crippen LogP contribution in [0.3, 0.4) is 0 Å². The molecule has 160 valence electrons. The summed E-state index contributed by atoms with van der Waals surface area (Å²) < 4.78 is 40.5. The molecule has 2 aromatic carbocycles. The average Bonchev–Trinajstić information content (AvgIpc) is 2.72. The second-order valence-electron chi connectivity index (χ2n) is 7.54. The Bertz CT molecular complexity index is 948. The topological polar surface area (TPSA) is 70.4 Å². The van der Waals surface area contributed by atoms with E-state index in [0.29, 0.717) is 36.6 Å². The zero-order valence-electron chi connectivity index (χ0n) is 16.3. The molecule has 1 saturated heterocycles. The third-order valence-corrected chi connectivity index (χ3v) is 6.49. The maximum atomic E-state index is 13.5. The summed E-state index contributed by atoms with van der Waals surface area (Å²) in [6.07, 6.45) is -2.94. The van der Waals surface area contributed by atoms with Gasteiger partial charge in [0.15, 0.2) is 0 Å². The van der Waals surface area contributed by atoms with Crippen molar-refractivity contribution < 1.29 is 18.0 Å². The van der Waals surface area contributed by atoms with Crippen LogP contribution in [0.1, 0.15) is 18.4 Å². The molecule has 0 saturated carbocycles. The highest BCUT2D eigenvalue weighted by molar-refractivity contribution is 7.99. The van der Waals surface area contributed by atoms with Crippen LogP contribution in [-0.2, 0) is 11.0 Å². The highest BCUT2D eigenvalue weighted by atomic mass is 32.2. The number of benzene rings is 2. The highest BCUT2D eigenvalue weighted by Crippen LogP contribution is 2.49. The van der Waals surface area contributed by atoms with Crippen molar-refractivity contribution in [3.05, 3.63) is 42.0 Å². The van der Waals surface area contributed by atoms with Crippen LogP contribution in [0, 0.1) is 5.92 Å². The number of carbonyl (C=O) groups is 1. The molecule has 0 spiro atoms. The highest BCUT2D eigenvalue weighted by Gasteiger charge is 2.34. The van der Waals surface area contributed by atoms with Gasteiger partial charge in [-0.15, -0.1) is 0 Å². The average molecular weight is 437 g/mol. The first kappa shape index (κ1) is 21.0. The molecular weight excluding hydrogens is 413 g/mol. The third kappa shape index (κ3) is 4.43. The normalized spacial score (nSPS) is 18.9. The molecule has 2 heterocycles. The Balaban J connectivity index is 1.63. The third-order valence-electron chi connectivity index (χ3n) is 5.38. The Labute approximate surface area is 177 Å². The summed E-state index contributed by atoms with van der Waals surface area (Å²) in [6, 6.07) is 9.54. The summed E-state index contributed by atoms with van der Waals surface area (Å²) in [5, 5.41) is 5.97. The molecule has 4 N–H and O–H groups in total. The number of nitrogens with zero attached hydrogens (tertiary/aromatic N) is 1. The van der Waals surface area contributed by atoms with Crippen molar-refractivity contribution in [2.45, 2.75) is 28.8 Å². The molecular formula is C21H23F3N4OS. The predicted molar refractivity (Wildman–Crippen MR) is 112 cm³/mol. The summed E-state index contributed by atoms with van der Waals surface area (Å²) in [7, 11) is 0. The van der Waals surface area contributed by atoms with E-state index in [1.54, 1.807) is 0 Å². The first-order chi connectivity index (χ1) is 14.3. The smallest absolute Gasteiger partial charge is 0.352 e. The van der Waals surface area contributed by atoms with Crippen LogP contribution in [-0.4, -0.2) is 37.0 Å². The molecule has 2 aliphatic heterocycles. The van der Waals surface area contributed by atoms with Crippen LogP contribution >= 0.6 is 11.8 Å². The van der Waals surface area contributed by atoms with Gasteiger partial charge in [-0.05, 0) is 43.7 Å². The first-order valence-electron chi connectivity index (χ1n) is 9.87. The van der Waals surface area contributed by atoms with Gasteiger partial charge in [-0.3, -0.25) is 4.79 Å². The molecule has 0 aromatic heterocycles. The number of carbonyl (C=O) groups excluding carboxylic acids is 1. The molecule has 4 rings (SSSR count). The minimum absolute atomic E-state index is 0.155. The lowest BCUT2D eigenvalue weighted by molar-refractivity contribution is -0.137. The molecule has 9 heteroatoms. The fourth-order valence-corrected chi connectivity index (χ4v) is 4.95. The fourth-order valence-electron chi connectivity index (χ4n) is 3.89. The molecule has 1 atom stereocenters. The number of nitrogens with two attached hydrogens (primary N) is 1. The number of likely N-dealkylation sites (tertiary alicyclic amines) is 1. The van der Waals surface area contributed by atoms with E-state index in [0.717, 1.165) is 35.7 Å². The summed E-state index contributed by atoms with van der Waals surface area (Å²) >= 11 is 1.26. The van der Waals surface area contributed by atoms with Gasteiger partial charge in [-0.2, -0.15) is 13.2 Å². The maximum Gasteiger partial charge on any atom is 0.416 e. The number of piperidine rings is 1. The summed E-state index contributed by atoms with van der Waals surface area (Å²) in [4.78, 5) is 16.3. The molecule has 30 heavy (non-hydrogen) atoms. The Morgan fingerprint density at radius 1 is 1.27 bits per heavy atom. The monoisotopic (exact) mass is 436 g/mol. The number of hydrogen-bond acceptors (Lipinski definition) is 5. The van der Waals surface area contributed by atoms with Crippen LogP contribution in [0.15, 0.2) is 46.2 Å². The lowest BCUT2D eigenvalue weighted by Crippen LogP contribution is -2.42. The van der Waals surface area contributed by atoms with E-state index in [1.807, 2.05) is 24.3 Å². The largest absolute Gasteiger partial charge is 0.416 e. The Kier molecular flexibility index (Phi) is 5.95. The zero-order valence-corrected chi connectivity index (χ0v) is 17.1. The summed E-state index contributed by atoms with van der Waals surface area (Å²) in [6.45, 7) is 2.66. The van der Waals surface area contributed by atoms with Crippen molar-refractivity contribution in [3.8, 4) is 0 Å². The number of anilines is 3. The number of hydrogen-bond donors (Lipinski definition) is 3. The van der Waals surface area contributed by atoms with Crippen molar-refractivity contribution in [1.82, 2.24) is 4.90 Å². The van der Waals surface area contributed by atoms with Crippen LogP contribution < -0.4 is 16.4 Å². The number of alkyl halides is 3. The van der Waals surface area contributed by atoms with Crippen LogP contribution in [0.4, 0.5) is 30.2 Å². The molecule has 1 unspecified atom stereocenters. The van der Waals surface area contributed by atoms with Crippen LogP contribution in [0.5, 0.6) is 0 Å². The van der Waals surface area contributed by atoms with Crippen molar-refractivity contribution in [2.75, 3.05) is 36.8 Å². The summed E-state index contributed by atoms with van der Waals surface area (Å²) in [5.74, 6) is -0.539. The van der Waals surface area contributed by atoms with E-state index in [1.165, 1.54) is 11.8 Å². The Morgan fingerprint density at radius 3 is 2.83 bits per heavy atom. The molecule has 1 amide bonds. The maximum absolute atomic E-state index is 13.5. The zero-order chi connectivity index (χ0) is 21.3. The standard InChI is InChI=1S/C21H23F3N4OS/c22-21(23,24)14-10-16(27-20(29)13-4-3-8-28(12-13)9-7-25)19-18(11-14)30-17-6-2-1-5-15(17)26-19/h1-2,5-6,10-11,13,26H,3-4,7-9,12,25H2,(H,27,29). The number of rotatable bonds is 4. The Hall–Kier alpha value is -2.23. The number of halogens is 3. The number of amides is 1. The van der Waals surface area contributed by atoms with E-state index in [-0.39, 0.29) is 17.5 Å². The predicted octanol–water partition coefficient (Wildman–Crippen LogP) is 4.52. The van der Waals surface area contributed by atoms with Crippen molar-refractivity contribution in [3.63, 3.8) is 0 Å². The van der Waals surface area contributed by atoms with Gasteiger partial charge in [0.1, 0.15) is 0 Å². The van der Waals surface area contributed by atoms with Crippen LogP contribution in [0.25, 0.3) is 0 Å². The number of nitrogens with one attached hydrogen (secondary N) is 2. The quantitative estimate of drug-likeness (QED) is 0.561. The minimum atomic E-state index is -4.51. The second kappa shape index (κ2) is 8.49. The SMILES string of the molecule is NCCN1CCCC(C(=O)Nc2cc(C(F)(F)F)cc3c2Nc2ccccc2S3)C1. The van der Waals surface area contributed by atoms with E-state index < -0.39 is 11.7 Å². The lowest BCUT2D eigenvalue weighted by Gasteiger charge is -2.32. The van der Waals surface area contributed by atoms with Gasteiger partial charge in [0.2, 0.25) is 5.91 Å². The van der Waals surface area contributed by atoms with E-state index in [9.17, 15) is 18.0 Å². The molecule has 1 fully saturated rings. The minimum Gasteiger partial charge on any atom is -0.352 e. The van der Waals surface area contributed by atoms with E-state index >= 15 is 0 Å². The van der Waals surface area contributed by atoms with E-state index in [4.69, 9.17) is 5.73 Å². The van der Waals surface area contributed by atoms with E-state index in [2.05, 4.69) is 15.5 Å². The van der Waals surface area contributed by atoms with Crippen molar-refractivity contribution >= 4 is 34.7 Å². The fraction of sp³-hybridized carbons (Fsp3) is 0.381. The van der Waals surface area contributed by atoms with Gasteiger partial charge in [0.05, 0.1) is 28.5 Å². The van der Waals surface area contributed by atoms with Crippen LogP contribution in [0.2, 0.25) is 0 Å². The summed E-state index contributed by atoms with van der Waals surface area (Å²) in [5.41, 5.74) is 6.29. The van der Waals surface area contributed by atoms with Crippen molar-refractivity contribution in [1.29, 1.82) is 0 Å². The second-order valence-corrected chi connectivity index (χ2v) is 8.62.